The van der Waals surface area contributed by atoms with Gasteiger partial charge in [0.25, 0.3) is 0 Å². The topological polar surface area (TPSA) is 41.9 Å². The maximum absolute atomic E-state index is 10.1. The van der Waals surface area contributed by atoms with E-state index in [1.807, 2.05) is 0 Å². The lowest BCUT2D eigenvalue weighted by Gasteiger charge is -2.36. The highest BCUT2D eigenvalue weighted by Gasteiger charge is 2.23. The van der Waals surface area contributed by atoms with Gasteiger partial charge in [0.05, 0.1) is 12.2 Å². The molecule has 20 heavy (non-hydrogen) atoms. The largest absolute Gasteiger partial charge is 0.491 e. The van der Waals surface area contributed by atoms with Gasteiger partial charge in [-0.2, -0.15) is 0 Å². The highest BCUT2D eigenvalue weighted by molar-refractivity contribution is 6.30. The summed E-state index contributed by atoms with van der Waals surface area (Å²) in [6, 6.07) is 7.14. The van der Waals surface area contributed by atoms with Crippen LogP contribution >= 0.6 is 11.6 Å². The summed E-state index contributed by atoms with van der Waals surface area (Å²) in [5.41, 5.74) is 0. The molecule has 0 bridgehead atoms. The molecular weight excluding hydrogens is 278 g/mol. The Bertz CT molecular complexity index is 402. The minimum atomic E-state index is -0.511. The molecule has 5 heteroatoms. The molecule has 0 spiro atoms. The number of morpholine rings is 1. The molecule has 1 aliphatic rings. The molecule has 3 atom stereocenters. The number of benzene rings is 1. The van der Waals surface area contributed by atoms with Gasteiger partial charge in [0.15, 0.2) is 0 Å². The average Bonchev–Trinajstić information content (AvgIpc) is 2.37. The maximum atomic E-state index is 10.1. The van der Waals surface area contributed by atoms with Crippen LogP contribution in [0.3, 0.4) is 0 Å². The molecule has 1 N–H and O–H groups in total. The van der Waals surface area contributed by atoms with Gasteiger partial charge in [0.2, 0.25) is 0 Å². The van der Waals surface area contributed by atoms with E-state index in [1.54, 1.807) is 24.3 Å². The molecule has 1 aromatic rings. The average molecular weight is 300 g/mol. The summed E-state index contributed by atoms with van der Waals surface area (Å²) in [5, 5.41) is 10.7. The van der Waals surface area contributed by atoms with Crippen molar-refractivity contribution in [3.05, 3.63) is 29.3 Å². The van der Waals surface area contributed by atoms with Crippen LogP contribution in [-0.2, 0) is 4.74 Å². The Morgan fingerprint density at radius 1 is 1.30 bits per heavy atom. The Labute approximate surface area is 125 Å². The summed E-state index contributed by atoms with van der Waals surface area (Å²) in [7, 11) is 0. The Kier molecular flexibility index (Phi) is 5.66. The van der Waals surface area contributed by atoms with E-state index in [2.05, 4.69) is 18.7 Å². The van der Waals surface area contributed by atoms with E-state index in [0.29, 0.717) is 11.6 Å². The molecule has 0 saturated carbocycles. The van der Waals surface area contributed by atoms with Gasteiger partial charge in [0, 0.05) is 24.7 Å². The van der Waals surface area contributed by atoms with Crippen molar-refractivity contribution in [2.45, 2.75) is 32.2 Å². The third kappa shape index (κ3) is 4.94. The molecule has 112 valence electrons. The zero-order valence-electron chi connectivity index (χ0n) is 12.0. The van der Waals surface area contributed by atoms with Crippen LogP contribution in [0, 0.1) is 0 Å². The zero-order valence-corrected chi connectivity index (χ0v) is 12.7. The highest BCUT2D eigenvalue weighted by atomic mass is 35.5. The van der Waals surface area contributed by atoms with Gasteiger partial charge in [0.1, 0.15) is 18.5 Å². The zero-order chi connectivity index (χ0) is 14.5. The molecule has 1 fully saturated rings. The Morgan fingerprint density at radius 2 is 1.90 bits per heavy atom. The number of hydrogen-bond acceptors (Lipinski definition) is 4. The SMILES string of the molecule is C[C@H]1CN(C[C@H](O)COc2ccc(Cl)cc2)C[C@H](C)O1. The molecule has 0 aromatic heterocycles. The van der Waals surface area contributed by atoms with Crippen molar-refractivity contribution >= 4 is 11.6 Å². The van der Waals surface area contributed by atoms with E-state index < -0.39 is 6.10 Å². The lowest BCUT2D eigenvalue weighted by atomic mass is 10.2. The van der Waals surface area contributed by atoms with Crippen molar-refractivity contribution in [3.63, 3.8) is 0 Å². The van der Waals surface area contributed by atoms with Gasteiger partial charge in [-0.1, -0.05) is 11.6 Å². The number of nitrogens with zero attached hydrogens (tertiary/aromatic N) is 1. The van der Waals surface area contributed by atoms with Crippen LogP contribution in [0.2, 0.25) is 5.02 Å². The fraction of sp³-hybridized carbons (Fsp3) is 0.600. The number of aliphatic hydroxyl groups excluding tert-OH is 1. The smallest absolute Gasteiger partial charge is 0.119 e. The number of ether oxygens (including phenoxy) is 2. The first-order chi connectivity index (χ1) is 9.52. The van der Waals surface area contributed by atoms with Crippen LogP contribution in [0.1, 0.15) is 13.8 Å². The van der Waals surface area contributed by atoms with Gasteiger partial charge in [-0.05, 0) is 38.1 Å². The van der Waals surface area contributed by atoms with Crippen LogP contribution in [-0.4, -0.2) is 54.6 Å². The van der Waals surface area contributed by atoms with E-state index in [9.17, 15) is 5.11 Å². The van der Waals surface area contributed by atoms with E-state index in [-0.39, 0.29) is 18.8 Å². The van der Waals surface area contributed by atoms with Crippen LogP contribution in [0.5, 0.6) is 5.75 Å². The predicted octanol–water partition coefficient (Wildman–Crippen LogP) is 2.19. The highest BCUT2D eigenvalue weighted by Crippen LogP contribution is 2.16. The molecule has 1 aromatic carbocycles. The van der Waals surface area contributed by atoms with Crippen molar-refractivity contribution in [2.75, 3.05) is 26.2 Å². The molecule has 1 saturated heterocycles. The van der Waals surface area contributed by atoms with E-state index in [4.69, 9.17) is 21.1 Å². The van der Waals surface area contributed by atoms with Crippen molar-refractivity contribution in [1.82, 2.24) is 4.90 Å². The second kappa shape index (κ2) is 7.27. The monoisotopic (exact) mass is 299 g/mol. The van der Waals surface area contributed by atoms with E-state index in [1.165, 1.54) is 0 Å². The number of hydrogen-bond donors (Lipinski definition) is 1. The number of aliphatic hydroxyl groups is 1. The Balaban J connectivity index is 1.74. The fourth-order valence-electron chi connectivity index (χ4n) is 2.51. The van der Waals surface area contributed by atoms with Crippen molar-refractivity contribution in [2.24, 2.45) is 0 Å². The summed E-state index contributed by atoms with van der Waals surface area (Å²) in [5.74, 6) is 0.720. The van der Waals surface area contributed by atoms with Gasteiger partial charge < -0.3 is 14.6 Å². The lowest BCUT2D eigenvalue weighted by molar-refractivity contribution is -0.0786. The first kappa shape index (κ1) is 15.6. The van der Waals surface area contributed by atoms with Crippen LogP contribution in [0.15, 0.2) is 24.3 Å². The third-order valence-corrected chi connectivity index (χ3v) is 3.47. The van der Waals surface area contributed by atoms with Crippen molar-refractivity contribution in [3.8, 4) is 5.75 Å². The third-order valence-electron chi connectivity index (χ3n) is 3.22. The van der Waals surface area contributed by atoms with Crippen LogP contribution in [0.25, 0.3) is 0 Å². The van der Waals surface area contributed by atoms with Crippen molar-refractivity contribution in [1.29, 1.82) is 0 Å². The summed E-state index contributed by atoms with van der Waals surface area (Å²) in [6.07, 6.45) is -0.0885. The second-order valence-electron chi connectivity index (χ2n) is 5.39. The van der Waals surface area contributed by atoms with Crippen LogP contribution < -0.4 is 4.74 Å². The van der Waals surface area contributed by atoms with Crippen LogP contribution in [0.4, 0.5) is 0 Å². The molecule has 0 radical (unpaired) electrons. The molecular formula is C15H22ClNO3. The number of halogens is 1. The van der Waals surface area contributed by atoms with Gasteiger partial charge >= 0.3 is 0 Å². The molecule has 1 heterocycles. The summed E-state index contributed by atoms with van der Waals surface area (Å²) < 4.78 is 11.2. The Morgan fingerprint density at radius 3 is 2.50 bits per heavy atom. The van der Waals surface area contributed by atoms with E-state index in [0.717, 1.165) is 18.8 Å². The first-order valence-corrected chi connectivity index (χ1v) is 7.35. The van der Waals surface area contributed by atoms with Gasteiger partial charge in [-0.25, -0.2) is 0 Å². The molecule has 0 unspecified atom stereocenters. The molecule has 0 amide bonds. The standard InChI is InChI=1S/C15H22ClNO3/c1-11-7-17(8-12(2)20-11)9-14(18)10-19-15-5-3-13(16)4-6-15/h3-6,11-12,14,18H,7-10H2,1-2H3/t11-,12-,14-/m0/s1. The summed E-state index contributed by atoms with van der Waals surface area (Å²) in [6.45, 7) is 6.69. The van der Waals surface area contributed by atoms with Gasteiger partial charge in [-0.15, -0.1) is 0 Å². The maximum Gasteiger partial charge on any atom is 0.119 e. The first-order valence-electron chi connectivity index (χ1n) is 6.97. The molecule has 1 aliphatic heterocycles. The minimum absolute atomic E-state index is 0.211. The second-order valence-corrected chi connectivity index (χ2v) is 5.83. The lowest BCUT2D eigenvalue weighted by Crippen LogP contribution is -2.48. The quantitative estimate of drug-likeness (QED) is 0.905. The van der Waals surface area contributed by atoms with Crippen molar-refractivity contribution < 1.29 is 14.6 Å². The predicted molar refractivity (Wildman–Crippen MR) is 79.4 cm³/mol. The summed E-state index contributed by atoms with van der Waals surface area (Å²) in [4.78, 5) is 2.22. The Hall–Kier alpha value is -0.810. The van der Waals surface area contributed by atoms with E-state index >= 15 is 0 Å². The minimum Gasteiger partial charge on any atom is -0.491 e. The summed E-state index contributed by atoms with van der Waals surface area (Å²) >= 11 is 5.81. The normalized spacial score (nSPS) is 25.4. The van der Waals surface area contributed by atoms with Gasteiger partial charge in [-0.3, -0.25) is 4.90 Å². The fourth-order valence-corrected chi connectivity index (χ4v) is 2.63. The molecule has 4 nitrogen and oxygen atoms in total. The molecule has 2 rings (SSSR count). The number of rotatable bonds is 5. The number of β-amino-alcohol motifs (C(OH)–C–C–N with tert-alkyl or cyclic N) is 1. The molecule has 0 aliphatic carbocycles.